The van der Waals surface area contributed by atoms with Gasteiger partial charge in [0.1, 0.15) is 5.75 Å². The maximum atomic E-state index is 13.1. The third-order valence-corrected chi connectivity index (χ3v) is 7.09. The highest BCUT2D eigenvalue weighted by Gasteiger charge is 2.30. The van der Waals surface area contributed by atoms with E-state index in [9.17, 15) is 13.2 Å². The molecule has 1 N–H and O–H groups in total. The van der Waals surface area contributed by atoms with Gasteiger partial charge < -0.3 is 10.1 Å². The lowest BCUT2D eigenvalue weighted by atomic mass is 10.1. The minimum atomic E-state index is -3.81. The van der Waals surface area contributed by atoms with Gasteiger partial charge in [0.05, 0.1) is 17.2 Å². The van der Waals surface area contributed by atoms with Crippen LogP contribution in [0.4, 0.5) is 5.69 Å². The first kappa shape index (κ1) is 21.2. The standard InChI is InChI=1S/C22H28N2O4S/c1-5-28-19-11-9-18(10-12-19)24(4)29(26,27)20-13-6-15(2)21(14-20)22(25)23-16(3)17-7-8-17/h6,9-14,16-17H,5,7-8H2,1-4H3,(H,23,25)/t16-/m1/s1. The number of sulfonamides is 1. The van der Waals surface area contributed by atoms with Crippen molar-refractivity contribution in [2.24, 2.45) is 5.92 Å². The van der Waals surface area contributed by atoms with Gasteiger partial charge in [-0.25, -0.2) is 8.42 Å². The van der Waals surface area contributed by atoms with Crippen molar-refractivity contribution in [3.63, 3.8) is 0 Å². The highest BCUT2D eigenvalue weighted by atomic mass is 32.2. The molecular formula is C22H28N2O4S. The molecule has 1 atom stereocenters. The fourth-order valence-corrected chi connectivity index (χ4v) is 4.44. The van der Waals surface area contributed by atoms with Crippen molar-refractivity contribution in [2.75, 3.05) is 18.0 Å². The van der Waals surface area contributed by atoms with Crippen LogP contribution in [0.5, 0.6) is 5.75 Å². The summed E-state index contributed by atoms with van der Waals surface area (Å²) >= 11 is 0. The average Bonchev–Trinajstić information content (AvgIpc) is 3.53. The SMILES string of the molecule is CCOc1ccc(N(C)S(=O)(=O)c2ccc(C)c(C(=O)N[C@H](C)C3CC3)c2)cc1. The lowest BCUT2D eigenvalue weighted by Gasteiger charge is -2.21. The first-order valence-electron chi connectivity index (χ1n) is 9.87. The lowest BCUT2D eigenvalue weighted by molar-refractivity contribution is 0.0935. The van der Waals surface area contributed by atoms with Crippen LogP contribution in [-0.2, 0) is 10.0 Å². The summed E-state index contributed by atoms with van der Waals surface area (Å²) in [4.78, 5) is 12.8. The predicted molar refractivity (Wildman–Crippen MR) is 114 cm³/mol. The molecule has 0 unspecified atom stereocenters. The average molecular weight is 417 g/mol. The Bertz CT molecular complexity index is 982. The molecule has 6 nitrogen and oxygen atoms in total. The summed E-state index contributed by atoms with van der Waals surface area (Å²) in [5.74, 6) is 0.973. The normalized spacial score (nSPS) is 14.9. The largest absolute Gasteiger partial charge is 0.494 e. The van der Waals surface area contributed by atoms with Crippen LogP contribution in [0.2, 0.25) is 0 Å². The summed E-state index contributed by atoms with van der Waals surface area (Å²) < 4.78 is 32.9. The quantitative estimate of drug-likeness (QED) is 0.711. The molecule has 1 amide bonds. The van der Waals surface area contributed by atoms with Gasteiger partial charge in [0.2, 0.25) is 0 Å². The molecule has 0 radical (unpaired) electrons. The second-order valence-electron chi connectivity index (χ2n) is 7.48. The number of carbonyl (C=O) groups excluding carboxylic acids is 1. The number of rotatable bonds is 8. The molecule has 1 aliphatic carbocycles. The molecule has 1 saturated carbocycles. The van der Waals surface area contributed by atoms with Crippen molar-refractivity contribution in [1.82, 2.24) is 5.32 Å². The Kier molecular flexibility index (Phi) is 6.17. The number of hydrogen-bond acceptors (Lipinski definition) is 4. The highest BCUT2D eigenvalue weighted by Crippen LogP contribution is 2.32. The third kappa shape index (κ3) is 4.72. The van der Waals surface area contributed by atoms with E-state index in [1.807, 2.05) is 20.8 Å². The van der Waals surface area contributed by atoms with Crippen LogP contribution in [0.25, 0.3) is 0 Å². The van der Waals surface area contributed by atoms with Crippen LogP contribution < -0.4 is 14.4 Å². The van der Waals surface area contributed by atoms with E-state index in [1.54, 1.807) is 30.3 Å². The molecule has 2 aromatic rings. The Morgan fingerprint density at radius 2 is 1.86 bits per heavy atom. The van der Waals surface area contributed by atoms with Crippen LogP contribution in [0, 0.1) is 12.8 Å². The zero-order chi connectivity index (χ0) is 21.2. The Balaban J connectivity index is 1.84. The van der Waals surface area contributed by atoms with Gasteiger partial charge in [-0.1, -0.05) is 6.07 Å². The van der Waals surface area contributed by atoms with E-state index in [2.05, 4.69) is 5.32 Å². The van der Waals surface area contributed by atoms with Crippen molar-refractivity contribution in [3.8, 4) is 5.75 Å². The number of nitrogens with one attached hydrogen (secondary N) is 1. The Labute approximate surface area is 172 Å². The number of carbonyl (C=O) groups is 1. The van der Waals surface area contributed by atoms with Crippen molar-refractivity contribution in [1.29, 1.82) is 0 Å². The number of benzene rings is 2. The Hall–Kier alpha value is -2.54. The molecule has 29 heavy (non-hydrogen) atoms. The van der Waals surface area contributed by atoms with E-state index >= 15 is 0 Å². The van der Waals surface area contributed by atoms with Gasteiger partial charge in [-0.2, -0.15) is 0 Å². The monoisotopic (exact) mass is 416 g/mol. The molecule has 7 heteroatoms. The summed E-state index contributed by atoms with van der Waals surface area (Å²) in [6.45, 7) is 6.23. The molecule has 0 bridgehead atoms. The molecule has 1 fully saturated rings. The molecular weight excluding hydrogens is 388 g/mol. The van der Waals surface area contributed by atoms with Crippen LogP contribution in [0.1, 0.15) is 42.6 Å². The van der Waals surface area contributed by atoms with E-state index in [0.717, 1.165) is 18.4 Å². The summed E-state index contributed by atoms with van der Waals surface area (Å²) in [5.41, 5.74) is 1.65. The molecule has 156 valence electrons. The number of nitrogens with zero attached hydrogens (tertiary/aromatic N) is 1. The van der Waals surface area contributed by atoms with Gasteiger partial charge in [-0.15, -0.1) is 0 Å². The molecule has 2 aromatic carbocycles. The number of amides is 1. The second-order valence-corrected chi connectivity index (χ2v) is 9.45. The van der Waals surface area contributed by atoms with Crippen molar-refractivity contribution in [3.05, 3.63) is 53.6 Å². The first-order valence-corrected chi connectivity index (χ1v) is 11.3. The molecule has 0 aromatic heterocycles. The molecule has 0 aliphatic heterocycles. The van der Waals surface area contributed by atoms with Gasteiger partial charge in [-0.3, -0.25) is 9.10 Å². The molecule has 1 aliphatic rings. The fourth-order valence-electron chi connectivity index (χ4n) is 3.22. The van der Waals surface area contributed by atoms with E-state index in [0.29, 0.717) is 29.5 Å². The minimum Gasteiger partial charge on any atom is -0.494 e. The summed E-state index contributed by atoms with van der Waals surface area (Å²) in [6, 6.07) is 11.6. The maximum absolute atomic E-state index is 13.1. The van der Waals surface area contributed by atoms with E-state index in [4.69, 9.17) is 4.74 Å². The molecule has 0 saturated heterocycles. The predicted octanol–water partition coefficient (Wildman–Crippen LogP) is 3.75. The van der Waals surface area contributed by atoms with Crippen LogP contribution >= 0.6 is 0 Å². The fraction of sp³-hybridized carbons (Fsp3) is 0.409. The highest BCUT2D eigenvalue weighted by molar-refractivity contribution is 7.92. The first-order chi connectivity index (χ1) is 13.7. The van der Waals surface area contributed by atoms with E-state index in [-0.39, 0.29) is 16.8 Å². The number of ether oxygens (including phenoxy) is 1. The number of hydrogen-bond donors (Lipinski definition) is 1. The number of aryl methyl sites for hydroxylation is 1. The lowest BCUT2D eigenvalue weighted by Crippen LogP contribution is -2.34. The Morgan fingerprint density at radius 3 is 2.45 bits per heavy atom. The summed E-state index contributed by atoms with van der Waals surface area (Å²) in [7, 11) is -2.31. The van der Waals surface area contributed by atoms with Gasteiger partial charge in [0, 0.05) is 18.7 Å². The Morgan fingerprint density at radius 1 is 1.21 bits per heavy atom. The van der Waals surface area contributed by atoms with Gasteiger partial charge in [0.15, 0.2) is 0 Å². The van der Waals surface area contributed by atoms with Crippen molar-refractivity contribution >= 4 is 21.6 Å². The summed E-state index contributed by atoms with van der Waals surface area (Å²) in [5, 5.41) is 3.00. The summed E-state index contributed by atoms with van der Waals surface area (Å²) in [6.07, 6.45) is 2.25. The third-order valence-electron chi connectivity index (χ3n) is 5.31. The molecule has 0 heterocycles. The van der Waals surface area contributed by atoms with E-state index in [1.165, 1.54) is 23.5 Å². The van der Waals surface area contributed by atoms with E-state index < -0.39 is 10.0 Å². The molecule has 3 rings (SSSR count). The van der Waals surface area contributed by atoms with Crippen LogP contribution in [0.15, 0.2) is 47.4 Å². The van der Waals surface area contributed by atoms with Crippen LogP contribution in [-0.4, -0.2) is 34.0 Å². The van der Waals surface area contributed by atoms with Crippen LogP contribution in [0.3, 0.4) is 0 Å². The van der Waals surface area contributed by atoms with Gasteiger partial charge >= 0.3 is 0 Å². The number of anilines is 1. The van der Waals surface area contributed by atoms with Crippen molar-refractivity contribution < 1.29 is 17.9 Å². The maximum Gasteiger partial charge on any atom is 0.264 e. The van der Waals surface area contributed by atoms with Crippen molar-refractivity contribution in [2.45, 2.75) is 44.6 Å². The topological polar surface area (TPSA) is 75.7 Å². The van der Waals surface area contributed by atoms with Gasteiger partial charge in [0.25, 0.3) is 15.9 Å². The smallest absolute Gasteiger partial charge is 0.264 e. The van der Waals surface area contributed by atoms with Gasteiger partial charge in [-0.05, 0) is 81.5 Å². The minimum absolute atomic E-state index is 0.0868. The second kappa shape index (κ2) is 8.45. The zero-order valence-electron chi connectivity index (χ0n) is 17.3. The zero-order valence-corrected chi connectivity index (χ0v) is 18.1. The molecule has 0 spiro atoms.